The fourth-order valence-corrected chi connectivity index (χ4v) is 2.39. The van der Waals surface area contributed by atoms with Crippen LogP contribution in [0.3, 0.4) is 0 Å². The van der Waals surface area contributed by atoms with Gasteiger partial charge in [0.2, 0.25) is 0 Å². The number of nitrogens with zero attached hydrogens (tertiary/aromatic N) is 4. The van der Waals surface area contributed by atoms with Crippen LogP contribution in [-0.4, -0.2) is 40.2 Å². The Morgan fingerprint density at radius 3 is 2.50 bits per heavy atom. The van der Waals surface area contributed by atoms with E-state index in [2.05, 4.69) is 41.3 Å². The minimum Gasteiger partial charge on any atom is -0.355 e. The van der Waals surface area contributed by atoms with Gasteiger partial charge in [0.15, 0.2) is 0 Å². The lowest BCUT2D eigenvalue weighted by atomic mass is 9.95. The van der Waals surface area contributed by atoms with Gasteiger partial charge in [-0.2, -0.15) is 0 Å². The third-order valence-electron chi connectivity index (χ3n) is 3.55. The second-order valence-electron chi connectivity index (χ2n) is 6.28. The summed E-state index contributed by atoms with van der Waals surface area (Å²) >= 11 is 0. The van der Waals surface area contributed by atoms with Crippen molar-refractivity contribution in [3.63, 3.8) is 0 Å². The summed E-state index contributed by atoms with van der Waals surface area (Å²) in [5.74, 6) is 1.93. The summed E-state index contributed by atoms with van der Waals surface area (Å²) in [6, 6.07) is 0. The Kier molecular flexibility index (Phi) is 3.90. The SMILES string of the molecule is Cn1nncc1N1CCC(CNC(C)(C)C)CC1. The van der Waals surface area contributed by atoms with Crippen molar-refractivity contribution in [3.8, 4) is 0 Å². The fourth-order valence-electron chi connectivity index (χ4n) is 2.39. The predicted molar refractivity (Wildman–Crippen MR) is 73.7 cm³/mol. The summed E-state index contributed by atoms with van der Waals surface area (Å²) in [7, 11) is 1.95. The average Bonchev–Trinajstić information content (AvgIpc) is 2.73. The molecule has 1 aliphatic heterocycles. The standard InChI is InChI=1S/C13H25N5/c1-13(2,3)14-9-11-5-7-18(8-6-11)12-10-15-16-17(12)4/h10-11,14H,5-9H2,1-4H3. The topological polar surface area (TPSA) is 46.0 Å². The Morgan fingerprint density at radius 1 is 1.33 bits per heavy atom. The first-order valence-corrected chi connectivity index (χ1v) is 6.80. The second-order valence-corrected chi connectivity index (χ2v) is 6.28. The van der Waals surface area contributed by atoms with Crippen LogP contribution in [0.15, 0.2) is 6.20 Å². The Hall–Kier alpha value is -1.10. The normalized spacial score (nSPS) is 18.3. The highest BCUT2D eigenvalue weighted by Gasteiger charge is 2.22. The van der Waals surface area contributed by atoms with E-state index in [-0.39, 0.29) is 5.54 Å². The smallest absolute Gasteiger partial charge is 0.147 e. The van der Waals surface area contributed by atoms with Gasteiger partial charge in [-0.05, 0) is 46.1 Å². The molecule has 0 atom stereocenters. The summed E-state index contributed by atoms with van der Waals surface area (Å²) < 4.78 is 1.85. The van der Waals surface area contributed by atoms with E-state index in [9.17, 15) is 0 Å². The molecule has 5 nitrogen and oxygen atoms in total. The van der Waals surface area contributed by atoms with Gasteiger partial charge >= 0.3 is 0 Å². The maximum atomic E-state index is 3.99. The molecule has 1 aliphatic rings. The Morgan fingerprint density at radius 2 is 2.00 bits per heavy atom. The zero-order valence-corrected chi connectivity index (χ0v) is 12.0. The Labute approximate surface area is 110 Å². The molecule has 18 heavy (non-hydrogen) atoms. The molecule has 1 fully saturated rings. The molecule has 0 aromatic carbocycles. The van der Waals surface area contributed by atoms with Crippen LogP contribution in [0.2, 0.25) is 0 Å². The van der Waals surface area contributed by atoms with Crippen molar-refractivity contribution >= 4 is 5.82 Å². The lowest BCUT2D eigenvalue weighted by Gasteiger charge is -2.34. The molecule has 1 N–H and O–H groups in total. The first-order chi connectivity index (χ1) is 8.46. The van der Waals surface area contributed by atoms with Crippen molar-refractivity contribution in [2.75, 3.05) is 24.5 Å². The van der Waals surface area contributed by atoms with E-state index >= 15 is 0 Å². The highest BCUT2D eigenvalue weighted by molar-refractivity contribution is 5.36. The maximum Gasteiger partial charge on any atom is 0.147 e. The van der Waals surface area contributed by atoms with E-state index in [1.54, 1.807) is 0 Å². The molecule has 2 rings (SSSR count). The largest absolute Gasteiger partial charge is 0.355 e. The summed E-state index contributed by atoms with van der Waals surface area (Å²) in [4.78, 5) is 2.38. The van der Waals surface area contributed by atoms with Crippen molar-refractivity contribution in [1.29, 1.82) is 0 Å². The fraction of sp³-hybridized carbons (Fsp3) is 0.846. The van der Waals surface area contributed by atoms with E-state index in [0.717, 1.165) is 31.4 Å². The van der Waals surface area contributed by atoms with Gasteiger partial charge in [0.1, 0.15) is 5.82 Å². The van der Waals surface area contributed by atoms with Crippen LogP contribution in [0.25, 0.3) is 0 Å². The molecule has 0 unspecified atom stereocenters. The van der Waals surface area contributed by atoms with Gasteiger partial charge in [-0.1, -0.05) is 5.21 Å². The second kappa shape index (κ2) is 5.26. The Balaban J connectivity index is 1.80. The molecule has 0 aliphatic carbocycles. The summed E-state index contributed by atoms with van der Waals surface area (Å²) in [5, 5.41) is 11.5. The molecule has 2 heterocycles. The summed E-state index contributed by atoms with van der Waals surface area (Å²) in [5.41, 5.74) is 0.225. The van der Waals surface area contributed by atoms with E-state index in [0.29, 0.717) is 0 Å². The van der Waals surface area contributed by atoms with Crippen molar-refractivity contribution in [1.82, 2.24) is 20.3 Å². The molecule has 5 heteroatoms. The first kappa shape index (κ1) is 13.3. The third-order valence-corrected chi connectivity index (χ3v) is 3.55. The molecular weight excluding hydrogens is 226 g/mol. The predicted octanol–water partition coefficient (Wildman–Crippen LogP) is 1.42. The molecule has 1 aromatic rings. The van der Waals surface area contributed by atoms with E-state index in [1.165, 1.54) is 12.8 Å². The van der Waals surface area contributed by atoms with Gasteiger partial charge in [-0.3, -0.25) is 0 Å². The van der Waals surface area contributed by atoms with Gasteiger partial charge in [-0.15, -0.1) is 5.10 Å². The van der Waals surface area contributed by atoms with Crippen LogP contribution >= 0.6 is 0 Å². The highest BCUT2D eigenvalue weighted by atomic mass is 15.5. The number of hydrogen-bond donors (Lipinski definition) is 1. The quantitative estimate of drug-likeness (QED) is 0.882. The van der Waals surface area contributed by atoms with Gasteiger partial charge < -0.3 is 10.2 Å². The molecular formula is C13H25N5. The van der Waals surface area contributed by atoms with Gasteiger partial charge in [-0.25, -0.2) is 4.68 Å². The summed E-state index contributed by atoms with van der Waals surface area (Å²) in [6.07, 6.45) is 4.34. The molecule has 0 bridgehead atoms. The van der Waals surface area contributed by atoms with E-state index in [1.807, 2.05) is 17.9 Å². The Bertz CT molecular complexity index is 371. The maximum absolute atomic E-state index is 3.99. The number of nitrogens with one attached hydrogen (secondary N) is 1. The minimum absolute atomic E-state index is 0.225. The van der Waals surface area contributed by atoms with E-state index < -0.39 is 0 Å². The number of rotatable bonds is 3. The van der Waals surface area contributed by atoms with Crippen molar-refractivity contribution in [2.24, 2.45) is 13.0 Å². The molecule has 1 aromatic heterocycles. The zero-order valence-electron chi connectivity index (χ0n) is 12.0. The number of piperidine rings is 1. The van der Waals surface area contributed by atoms with Crippen molar-refractivity contribution in [3.05, 3.63) is 6.20 Å². The monoisotopic (exact) mass is 251 g/mol. The van der Waals surface area contributed by atoms with Crippen molar-refractivity contribution < 1.29 is 0 Å². The van der Waals surface area contributed by atoms with E-state index in [4.69, 9.17) is 0 Å². The van der Waals surface area contributed by atoms with Crippen LogP contribution in [0.4, 0.5) is 5.82 Å². The first-order valence-electron chi connectivity index (χ1n) is 6.80. The lowest BCUT2D eigenvalue weighted by Crippen LogP contribution is -2.43. The van der Waals surface area contributed by atoms with Gasteiger partial charge in [0, 0.05) is 25.7 Å². The third kappa shape index (κ3) is 3.45. The van der Waals surface area contributed by atoms with Gasteiger partial charge in [0.05, 0.1) is 6.20 Å². The molecule has 0 saturated carbocycles. The van der Waals surface area contributed by atoms with Crippen LogP contribution < -0.4 is 10.2 Å². The molecule has 0 spiro atoms. The molecule has 102 valence electrons. The number of hydrogen-bond acceptors (Lipinski definition) is 4. The average molecular weight is 251 g/mol. The number of aryl methyl sites for hydroxylation is 1. The molecule has 1 saturated heterocycles. The van der Waals surface area contributed by atoms with Crippen molar-refractivity contribution in [2.45, 2.75) is 39.2 Å². The molecule has 0 radical (unpaired) electrons. The van der Waals surface area contributed by atoms with Crippen LogP contribution in [0.1, 0.15) is 33.6 Å². The summed E-state index contributed by atoms with van der Waals surface area (Å²) in [6.45, 7) is 10.0. The highest BCUT2D eigenvalue weighted by Crippen LogP contribution is 2.21. The molecule has 0 amide bonds. The van der Waals surface area contributed by atoms with Crippen LogP contribution in [-0.2, 0) is 7.05 Å². The lowest BCUT2D eigenvalue weighted by molar-refractivity contribution is 0.327. The number of anilines is 1. The zero-order chi connectivity index (χ0) is 13.2. The number of aromatic nitrogens is 3. The van der Waals surface area contributed by atoms with Crippen LogP contribution in [0, 0.1) is 5.92 Å². The van der Waals surface area contributed by atoms with Gasteiger partial charge in [0.25, 0.3) is 0 Å². The minimum atomic E-state index is 0.225. The van der Waals surface area contributed by atoms with Crippen LogP contribution in [0.5, 0.6) is 0 Å².